The van der Waals surface area contributed by atoms with E-state index in [-0.39, 0.29) is 0 Å². The Morgan fingerprint density at radius 3 is 2.96 bits per heavy atom. The van der Waals surface area contributed by atoms with Gasteiger partial charge in [-0.2, -0.15) is 5.10 Å². The predicted molar refractivity (Wildman–Crippen MR) is 88.4 cm³/mol. The van der Waals surface area contributed by atoms with Crippen molar-refractivity contribution in [2.45, 2.75) is 6.92 Å². The monoisotopic (exact) mass is 303 g/mol. The topological polar surface area (TPSA) is 80.4 Å². The number of para-hydroxylation sites is 2. The van der Waals surface area contributed by atoms with Crippen molar-refractivity contribution in [2.75, 3.05) is 5.43 Å². The van der Waals surface area contributed by atoms with Crippen molar-refractivity contribution < 1.29 is 0 Å². The maximum absolute atomic E-state index is 4.58. The molecule has 7 heteroatoms. The summed E-state index contributed by atoms with van der Waals surface area (Å²) in [6, 6.07) is 11.7. The van der Waals surface area contributed by atoms with Crippen molar-refractivity contribution in [3.8, 4) is 0 Å². The number of nitrogens with zero attached hydrogens (tertiary/aromatic N) is 6. The minimum Gasteiger partial charge on any atom is -0.277 e. The van der Waals surface area contributed by atoms with Crippen LogP contribution < -0.4 is 5.43 Å². The predicted octanol–water partition coefficient (Wildman–Crippen LogP) is 2.51. The highest BCUT2D eigenvalue weighted by Crippen LogP contribution is 2.19. The van der Waals surface area contributed by atoms with Crippen LogP contribution in [-0.4, -0.2) is 30.3 Å². The van der Waals surface area contributed by atoms with Crippen LogP contribution in [0.25, 0.3) is 16.7 Å². The number of hydrogen-bond donors (Lipinski definition) is 1. The standard InChI is InChI=1S/C16H13N7/c1-11(12-5-4-8-17-9-12)20-21-15-16-22-18-10-23(16)14-7-3-2-6-13(14)19-15/h2-10H,1H3,(H,19,21). The average molecular weight is 303 g/mol. The number of aromatic nitrogens is 5. The van der Waals surface area contributed by atoms with Gasteiger partial charge in [0.15, 0.2) is 5.82 Å². The van der Waals surface area contributed by atoms with E-state index in [1.54, 1.807) is 18.7 Å². The molecule has 0 saturated heterocycles. The van der Waals surface area contributed by atoms with Crippen LogP contribution in [0, 0.1) is 0 Å². The van der Waals surface area contributed by atoms with E-state index in [9.17, 15) is 0 Å². The van der Waals surface area contributed by atoms with Gasteiger partial charge in [-0.1, -0.05) is 18.2 Å². The molecule has 1 aromatic carbocycles. The van der Waals surface area contributed by atoms with Gasteiger partial charge in [-0.15, -0.1) is 10.2 Å². The Balaban J connectivity index is 1.78. The van der Waals surface area contributed by atoms with Gasteiger partial charge in [0, 0.05) is 18.0 Å². The summed E-state index contributed by atoms with van der Waals surface area (Å²) < 4.78 is 1.89. The van der Waals surface area contributed by atoms with Crippen LogP contribution in [-0.2, 0) is 0 Å². The van der Waals surface area contributed by atoms with Crippen LogP contribution in [0.15, 0.2) is 60.2 Å². The molecule has 0 radical (unpaired) electrons. The van der Waals surface area contributed by atoms with E-state index in [4.69, 9.17) is 0 Å². The Kier molecular flexibility index (Phi) is 3.16. The van der Waals surface area contributed by atoms with E-state index < -0.39 is 0 Å². The normalized spacial score (nSPS) is 12.0. The van der Waals surface area contributed by atoms with Crippen LogP contribution >= 0.6 is 0 Å². The highest BCUT2D eigenvalue weighted by Gasteiger charge is 2.09. The van der Waals surface area contributed by atoms with Crippen LogP contribution in [0.1, 0.15) is 12.5 Å². The van der Waals surface area contributed by atoms with Gasteiger partial charge in [0.25, 0.3) is 0 Å². The summed E-state index contributed by atoms with van der Waals surface area (Å²) in [7, 11) is 0. The van der Waals surface area contributed by atoms with Crippen molar-refractivity contribution in [3.05, 3.63) is 60.7 Å². The summed E-state index contributed by atoms with van der Waals surface area (Å²) in [6.45, 7) is 1.91. The molecular weight excluding hydrogens is 290 g/mol. The van der Waals surface area contributed by atoms with Gasteiger partial charge < -0.3 is 0 Å². The van der Waals surface area contributed by atoms with E-state index in [2.05, 4.69) is 30.7 Å². The molecule has 0 amide bonds. The Hall–Kier alpha value is -3.35. The smallest absolute Gasteiger partial charge is 0.205 e. The van der Waals surface area contributed by atoms with Gasteiger partial charge in [0.05, 0.1) is 16.7 Å². The molecule has 4 rings (SSSR count). The number of rotatable bonds is 3. The summed E-state index contributed by atoms with van der Waals surface area (Å²) in [4.78, 5) is 8.68. The Bertz CT molecular complexity index is 1000. The molecule has 0 saturated carbocycles. The van der Waals surface area contributed by atoms with Crippen molar-refractivity contribution in [2.24, 2.45) is 5.10 Å². The van der Waals surface area contributed by atoms with Crippen LogP contribution in [0.2, 0.25) is 0 Å². The molecule has 0 aliphatic heterocycles. The molecule has 0 aliphatic carbocycles. The number of pyridine rings is 1. The summed E-state index contributed by atoms with van der Waals surface area (Å²) in [5.41, 5.74) is 7.17. The van der Waals surface area contributed by atoms with Crippen molar-refractivity contribution in [1.82, 2.24) is 24.6 Å². The number of hydrazone groups is 1. The minimum absolute atomic E-state index is 0.560. The molecule has 0 spiro atoms. The number of nitrogens with one attached hydrogen (secondary N) is 1. The van der Waals surface area contributed by atoms with E-state index >= 15 is 0 Å². The zero-order chi connectivity index (χ0) is 15.6. The van der Waals surface area contributed by atoms with Gasteiger partial charge in [0.2, 0.25) is 5.65 Å². The zero-order valence-electron chi connectivity index (χ0n) is 12.4. The third-order valence-corrected chi connectivity index (χ3v) is 3.54. The fourth-order valence-corrected chi connectivity index (χ4v) is 2.36. The first-order chi connectivity index (χ1) is 11.3. The van der Waals surface area contributed by atoms with Crippen LogP contribution in [0.4, 0.5) is 5.82 Å². The van der Waals surface area contributed by atoms with E-state index in [0.717, 1.165) is 22.3 Å². The highest BCUT2D eigenvalue weighted by atomic mass is 15.3. The molecule has 0 bridgehead atoms. The first-order valence-corrected chi connectivity index (χ1v) is 7.12. The Morgan fingerprint density at radius 2 is 2.09 bits per heavy atom. The van der Waals surface area contributed by atoms with Gasteiger partial charge >= 0.3 is 0 Å². The van der Waals surface area contributed by atoms with E-state index in [0.29, 0.717) is 11.5 Å². The van der Waals surface area contributed by atoms with Crippen molar-refractivity contribution in [3.63, 3.8) is 0 Å². The second kappa shape index (κ2) is 5.45. The first kappa shape index (κ1) is 13.3. The molecule has 1 N–H and O–H groups in total. The van der Waals surface area contributed by atoms with Crippen LogP contribution in [0.3, 0.4) is 0 Å². The summed E-state index contributed by atoms with van der Waals surface area (Å²) in [6.07, 6.45) is 5.16. The largest absolute Gasteiger partial charge is 0.277 e. The highest BCUT2D eigenvalue weighted by molar-refractivity contribution is 5.99. The second-order valence-corrected chi connectivity index (χ2v) is 5.02. The fourth-order valence-electron chi connectivity index (χ4n) is 2.36. The molecule has 23 heavy (non-hydrogen) atoms. The lowest BCUT2D eigenvalue weighted by molar-refractivity contribution is 1.11. The summed E-state index contributed by atoms with van der Waals surface area (Å²) in [5, 5.41) is 12.5. The molecule has 4 aromatic rings. The van der Waals surface area contributed by atoms with Gasteiger partial charge in [0.1, 0.15) is 6.33 Å². The minimum atomic E-state index is 0.560. The molecule has 3 aromatic heterocycles. The quantitative estimate of drug-likeness (QED) is 0.464. The molecule has 0 fully saturated rings. The molecule has 3 heterocycles. The van der Waals surface area contributed by atoms with E-state index in [1.165, 1.54) is 0 Å². The first-order valence-electron chi connectivity index (χ1n) is 7.12. The summed E-state index contributed by atoms with van der Waals surface area (Å²) in [5.74, 6) is 0.560. The molecule has 112 valence electrons. The Labute approximate surface area is 131 Å². The van der Waals surface area contributed by atoms with Crippen molar-refractivity contribution in [1.29, 1.82) is 0 Å². The zero-order valence-corrected chi connectivity index (χ0v) is 12.4. The molecule has 0 atom stereocenters. The lowest BCUT2D eigenvalue weighted by Gasteiger charge is -2.06. The number of fused-ring (bicyclic) bond motifs is 3. The van der Waals surface area contributed by atoms with E-state index in [1.807, 2.05) is 47.7 Å². The third-order valence-electron chi connectivity index (χ3n) is 3.54. The maximum Gasteiger partial charge on any atom is 0.205 e. The molecular formula is C16H13N7. The lowest BCUT2D eigenvalue weighted by Crippen LogP contribution is -2.03. The van der Waals surface area contributed by atoms with Crippen LogP contribution in [0.5, 0.6) is 0 Å². The lowest BCUT2D eigenvalue weighted by atomic mass is 10.2. The number of anilines is 1. The number of benzene rings is 1. The second-order valence-electron chi connectivity index (χ2n) is 5.02. The van der Waals surface area contributed by atoms with Crippen molar-refractivity contribution >= 4 is 28.2 Å². The third kappa shape index (κ3) is 2.38. The molecule has 0 aliphatic rings. The molecule has 7 nitrogen and oxygen atoms in total. The van der Waals surface area contributed by atoms with Gasteiger partial charge in [-0.25, -0.2) is 4.98 Å². The van der Waals surface area contributed by atoms with Gasteiger partial charge in [-0.05, 0) is 25.1 Å². The maximum atomic E-state index is 4.58. The molecule has 0 unspecified atom stereocenters. The SMILES string of the molecule is CC(=NNc1nc2ccccc2n2cnnc12)c1cccnc1. The van der Waals surface area contributed by atoms with Gasteiger partial charge in [-0.3, -0.25) is 14.8 Å². The fraction of sp³-hybridized carbons (Fsp3) is 0.0625. The Morgan fingerprint density at radius 1 is 1.17 bits per heavy atom. The average Bonchev–Trinajstić information content (AvgIpc) is 3.10. The number of hydrogen-bond acceptors (Lipinski definition) is 6. The summed E-state index contributed by atoms with van der Waals surface area (Å²) >= 11 is 0.